The van der Waals surface area contributed by atoms with Crippen molar-refractivity contribution in [3.05, 3.63) is 62.1 Å². The third-order valence-corrected chi connectivity index (χ3v) is 4.39. The van der Waals surface area contributed by atoms with E-state index in [-0.39, 0.29) is 11.4 Å². The van der Waals surface area contributed by atoms with Crippen LogP contribution in [0.3, 0.4) is 0 Å². The van der Waals surface area contributed by atoms with Crippen LogP contribution in [0.25, 0.3) is 0 Å². The molecular weight excluding hydrogens is 319 g/mol. The van der Waals surface area contributed by atoms with Crippen LogP contribution in [0.15, 0.2) is 41.3 Å². The number of thioether (sulfide) groups is 1. The largest absolute Gasteiger partial charge is 0.393 e. The number of nitrogens with zero attached hydrogens (tertiary/aromatic N) is 1. The minimum atomic E-state index is -0.495. The van der Waals surface area contributed by atoms with Crippen LogP contribution in [0.4, 0.5) is 11.4 Å². The molecule has 0 aliphatic rings. The first-order valence-corrected chi connectivity index (χ1v) is 7.32. The maximum Gasteiger partial charge on any atom is 0.292 e. The molecule has 0 bridgehead atoms. The quantitative estimate of drug-likeness (QED) is 0.379. The highest BCUT2D eigenvalue weighted by atomic mass is 35.5. The summed E-state index contributed by atoms with van der Waals surface area (Å²) in [7, 11) is 0. The van der Waals surface area contributed by atoms with Crippen LogP contribution < -0.4 is 5.73 Å². The molecule has 7 heteroatoms. The van der Waals surface area contributed by atoms with Crippen molar-refractivity contribution < 1.29 is 4.92 Å². The molecule has 20 heavy (non-hydrogen) atoms. The van der Waals surface area contributed by atoms with Gasteiger partial charge >= 0.3 is 0 Å². The van der Waals surface area contributed by atoms with E-state index in [4.69, 9.17) is 28.9 Å². The Labute approximate surface area is 130 Å². The first kappa shape index (κ1) is 15.0. The van der Waals surface area contributed by atoms with E-state index in [1.54, 1.807) is 36.0 Å². The zero-order valence-corrected chi connectivity index (χ0v) is 12.5. The maximum absolute atomic E-state index is 10.7. The van der Waals surface area contributed by atoms with Gasteiger partial charge in [0.2, 0.25) is 0 Å². The summed E-state index contributed by atoms with van der Waals surface area (Å²) in [6.07, 6.45) is 0. The van der Waals surface area contributed by atoms with Crippen molar-refractivity contribution in [1.82, 2.24) is 0 Å². The second-order valence-electron chi connectivity index (χ2n) is 4.01. The van der Waals surface area contributed by atoms with Gasteiger partial charge in [-0.15, -0.1) is 11.8 Å². The molecule has 0 aliphatic carbocycles. The van der Waals surface area contributed by atoms with Gasteiger partial charge in [0.15, 0.2) is 0 Å². The number of rotatable bonds is 4. The highest BCUT2D eigenvalue weighted by Crippen LogP contribution is 2.31. The van der Waals surface area contributed by atoms with Gasteiger partial charge in [-0.3, -0.25) is 10.1 Å². The molecule has 0 unspecified atom stereocenters. The number of nitrogen functional groups attached to an aromatic ring is 1. The Morgan fingerprint density at radius 1 is 1.15 bits per heavy atom. The van der Waals surface area contributed by atoms with Crippen molar-refractivity contribution in [3.8, 4) is 0 Å². The number of nitro benzene ring substituents is 1. The van der Waals surface area contributed by atoms with Crippen molar-refractivity contribution >= 4 is 46.3 Å². The van der Waals surface area contributed by atoms with Gasteiger partial charge in [-0.2, -0.15) is 0 Å². The van der Waals surface area contributed by atoms with Crippen molar-refractivity contribution in [2.45, 2.75) is 10.6 Å². The van der Waals surface area contributed by atoms with E-state index >= 15 is 0 Å². The predicted molar refractivity (Wildman–Crippen MR) is 83.5 cm³/mol. The highest BCUT2D eigenvalue weighted by molar-refractivity contribution is 7.98. The fourth-order valence-electron chi connectivity index (χ4n) is 1.59. The summed E-state index contributed by atoms with van der Waals surface area (Å²) >= 11 is 13.3. The van der Waals surface area contributed by atoms with E-state index < -0.39 is 4.92 Å². The molecule has 0 fully saturated rings. The molecule has 0 atom stereocenters. The van der Waals surface area contributed by atoms with Gasteiger partial charge in [0.25, 0.3) is 5.69 Å². The van der Waals surface area contributed by atoms with E-state index in [2.05, 4.69) is 0 Å². The Bertz CT molecular complexity index is 665. The molecule has 0 saturated carbocycles. The first-order chi connectivity index (χ1) is 9.47. The Hall–Kier alpha value is -1.43. The average Bonchev–Trinajstić information content (AvgIpc) is 2.40. The van der Waals surface area contributed by atoms with Gasteiger partial charge < -0.3 is 5.73 Å². The lowest BCUT2D eigenvalue weighted by Crippen LogP contribution is -1.96. The summed E-state index contributed by atoms with van der Waals surface area (Å²) in [5.74, 6) is 0.639. The third-order valence-electron chi connectivity index (χ3n) is 2.59. The zero-order chi connectivity index (χ0) is 14.7. The second-order valence-corrected chi connectivity index (χ2v) is 5.88. The van der Waals surface area contributed by atoms with Gasteiger partial charge in [-0.1, -0.05) is 29.3 Å². The van der Waals surface area contributed by atoms with E-state index in [0.29, 0.717) is 15.8 Å². The van der Waals surface area contributed by atoms with Crippen LogP contribution in [0, 0.1) is 10.1 Å². The van der Waals surface area contributed by atoms with Crippen molar-refractivity contribution in [2.24, 2.45) is 0 Å². The van der Waals surface area contributed by atoms with Crippen LogP contribution in [-0.2, 0) is 5.75 Å². The van der Waals surface area contributed by atoms with Crippen molar-refractivity contribution in [3.63, 3.8) is 0 Å². The lowest BCUT2D eigenvalue weighted by atomic mass is 10.2. The van der Waals surface area contributed by atoms with Crippen molar-refractivity contribution in [1.29, 1.82) is 0 Å². The normalized spacial score (nSPS) is 10.5. The summed E-state index contributed by atoms with van der Waals surface area (Å²) < 4.78 is 0. The van der Waals surface area contributed by atoms with Gasteiger partial charge in [0.1, 0.15) is 5.69 Å². The van der Waals surface area contributed by atoms with Crippen LogP contribution in [-0.4, -0.2) is 4.92 Å². The van der Waals surface area contributed by atoms with Gasteiger partial charge in [0.05, 0.1) is 15.0 Å². The fraction of sp³-hybridized carbons (Fsp3) is 0.0769. The SMILES string of the molecule is Nc1cc(CSc2ccc(Cl)c(Cl)c2)ccc1[N+](=O)[O-]. The van der Waals surface area contributed by atoms with Gasteiger partial charge in [-0.05, 0) is 29.8 Å². The van der Waals surface area contributed by atoms with Gasteiger partial charge in [0, 0.05) is 16.7 Å². The lowest BCUT2D eigenvalue weighted by molar-refractivity contribution is -0.383. The second kappa shape index (κ2) is 6.35. The topological polar surface area (TPSA) is 69.2 Å². The molecule has 0 radical (unpaired) electrons. The Morgan fingerprint density at radius 2 is 1.90 bits per heavy atom. The average molecular weight is 329 g/mol. The monoisotopic (exact) mass is 328 g/mol. The molecule has 2 aromatic carbocycles. The minimum absolute atomic E-state index is 0.0757. The molecule has 2 aromatic rings. The molecule has 0 amide bonds. The van der Waals surface area contributed by atoms with Crippen LogP contribution in [0.1, 0.15) is 5.56 Å². The van der Waals surface area contributed by atoms with Crippen molar-refractivity contribution in [2.75, 3.05) is 5.73 Å². The van der Waals surface area contributed by atoms with Gasteiger partial charge in [-0.25, -0.2) is 0 Å². The van der Waals surface area contributed by atoms with E-state index in [1.165, 1.54) is 6.07 Å². The number of anilines is 1. The van der Waals surface area contributed by atoms with E-state index in [9.17, 15) is 10.1 Å². The van der Waals surface area contributed by atoms with Crippen LogP contribution in [0.2, 0.25) is 10.0 Å². The molecule has 0 saturated heterocycles. The number of hydrogen-bond donors (Lipinski definition) is 1. The first-order valence-electron chi connectivity index (χ1n) is 5.58. The molecule has 104 valence electrons. The lowest BCUT2D eigenvalue weighted by Gasteiger charge is -2.05. The van der Waals surface area contributed by atoms with E-state index in [0.717, 1.165) is 10.5 Å². The predicted octanol–water partition coefficient (Wildman–Crippen LogP) is 4.78. The highest BCUT2D eigenvalue weighted by Gasteiger charge is 2.11. The number of halogens is 2. The number of nitrogens with two attached hydrogens (primary N) is 1. The standard InChI is InChI=1S/C13H10Cl2N2O2S/c14-10-3-2-9(6-11(10)15)20-7-8-1-4-13(17(18)19)12(16)5-8/h1-6H,7,16H2. The minimum Gasteiger partial charge on any atom is -0.393 e. The summed E-state index contributed by atoms with van der Waals surface area (Å²) in [4.78, 5) is 11.1. The Morgan fingerprint density at radius 3 is 2.50 bits per heavy atom. The Balaban J connectivity index is 2.09. The summed E-state index contributed by atoms with van der Waals surface area (Å²) in [6, 6.07) is 10.1. The number of hydrogen-bond acceptors (Lipinski definition) is 4. The maximum atomic E-state index is 10.7. The van der Waals surface area contributed by atoms with E-state index in [1.807, 2.05) is 6.07 Å². The summed E-state index contributed by atoms with van der Waals surface area (Å²) in [5.41, 5.74) is 6.65. The molecular formula is C13H10Cl2N2O2S. The number of nitro groups is 1. The fourth-order valence-corrected chi connectivity index (χ4v) is 2.83. The summed E-state index contributed by atoms with van der Waals surface area (Å²) in [5, 5.41) is 11.7. The Kier molecular flexibility index (Phi) is 4.75. The molecule has 2 N–H and O–H groups in total. The molecule has 0 aromatic heterocycles. The molecule has 0 heterocycles. The van der Waals surface area contributed by atoms with Crippen LogP contribution in [0.5, 0.6) is 0 Å². The molecule has 4 nitrogen and oxygen atoms in total. The summed E-state index contributed by atoms with van der Waals surface area (Å²) in [6.45, 7) is 0. The number of benzene rings is 2. The molecule has 0 spiro atoms. The smallest absolute Gasteiger partial charge is 0.292 e. The molecule has 2 rings (SSSR count). The molecule has 0 aliphatic heterocycles. The van der Waals surface area contributed by atoms with Crippen LogP contribution >= 0.6 is 35.0 Å². The third kappa shape index (κ3) is 3.56. The zero-order valence-electron chi connectivity index (χ0n) is 10.2.